The van der Waals surface area contributed by atoms with Gasteiger partial charge in [0.1, 0.15) is 0 Å². The molecule has 1 aromatic carbocycles. The summed E-state index contributed by atoms with van der Waals surface area (Å²) in [7, 11) is 0. The molecule has 0 spiro atoms. The molecule has 0 saturated carbocycles. The van der Waals surface area contributed by atoms with Gasteiger partial charge in [0.05, 0.1) is 0 Å². The zero-order chi connectivity index (χ0) is 9.68. The standard InChI is InChI=1S/C12H13N/c1-3-7-10(4-2)11-8-5-6-9-12(11)13/h3-9H,1-2,13H2/b10-7+. The van der Waals surface area contributed by atoms with Crippen molar-refractivity contribution in [3.8, 4) is 0 Å². The van der Waals surface area contributed by atoms with E-state index in [9.17, 15) is 0 Å². The van der Waals surface area contributed by atoms with E-state index in [1.807, 2.05) is 30.3 Å². The van der Waals surface area contributed by atoms with Crippen LogP contribution in [0.5, 0.6) is 0 Å². The van der Waals surface area contributed by atoms with Crippen molar-refractivity contribution in [2.24, 2.45) is 0 Å². The lowest BCUT2D eigenvalue weighted by atomic mass is 10.0. The molecule has 0 radical (unpaired) electrons. The predicted molar refractivity (Wildman–Crippen MR) is 59.2 cm³/mol. The Bertz CT molecular complexity index is 348. The Labute approximate surface area is 78.9 Å². The monoisotopic (exact) mass is 171 g/mol. The van der Waals surface area contributed by atoms with Crippen LogP contribution in [0.15, 0.2) is 55.7 Å². The molecule has 0 atom stereocenters. The second-order valence-corrected chi connectivity index (χ2v) is 2.65. The van der Waals surface area contributed by atoms with Gasteiger partial charge in [-0.1, -0.05) is 49.6 Å². The molecule has 0 aliphatic rings. The summed E-state index contributed by atoms with van der Waals surface area (Å²) in [5.41, 5.74) is 8.56. The number of para-hydroxylation sites is 1. The number of hydrogen-bond donors (Lipinski definition) is 1. The van der Waals surface area contributed by atoms with Crippen molar-refractivity contribution >= 4 is 11.3 Å². The molecule has 0 unspecified atom stereocenters. The fraction of sp³-hybridized carbons (Fsp3) is 0. The third-order valence-corrected chi connectivity index (χ3v) is 1.79. The van der Waals surface area contributed by atoms with Gasteiger partial charge in [-0.05, 0) is 11.6 Å². The first kappa shape index (κ1) is 9.33. The minimum Gasteiger partial charge on any atom is -0.398 e. The van der Waals surface area contributed by atoms with Gasteiger partial charge in [-0.15, -0.1) is 0 Å². The molecule has 0 heterocycles. The highest BCUT2D eigenvalue weighted by Crippen LogP contribution is 2.21. The number of allylic oxidation sites excluding steroid dienone is 4. The highest BCUT2D eigenvalue weighted by molar-refractivity contribution is 5.81. The van der Waals surface area contributed by atoms with Gasteiger partial charge >= 0.3 is 0 Å². The second kappa shape index (κ2) is 4.31. The first-order chi connectivity index (χ1) is 6.29. The maximum atomic E-state index is 5.80. The van der Waals surface area contributed by atoms with Crippen molar-refractivity contribution in [2.45, 2.75) is 0 Å². The molecule has 0 bridgehead atoms. The molecule has 1 nitrogen and oxygen atoms in total. The molecule has 0 aromatic heterocycles. The quantitative estimate of drug-likeness (QED) is 0.549. The number of benzene rings is 1. The largest absolute Gasteiger partial charge is 0.398 e. The molecule has 0 fully saturated rings. The van der Waals surface area contributed by atoms with Gasteiger partial charge in [0.25, 0.3) is 0 Å². The third-order valence-electron chi connectivity index (χ3n) is 1.79. The minimum absolute atomic E-state index is 0.760. The summed E-state index contributed by atoms with van der Waals surface area (Å²) in [6.45, 7) is 7.36. The van der Waals surface area contributed by atoms with E-state index in [-0.39, 0.29) is 0 Å². The van der Waals surface area contributed by atoms with E-state index in [4.69, 9.17) is 5.73 Å². The first-order valence-corrected chi connectivity index (χ1v) is 4.09. The number of nitrogen functional groups attached to an aromatic ring is 1. The Morgan fingerprint density at radius 2 is 1.92 bits per heavy atom. The van der Waals surface area contributed by atoms with Crippen molar-refractivity contribution < 1.29 is 0 Å². The average Bonchev–Trinajstić information content (AvgIpc) is 2.16. The Balaban J connectivity index is 3.19. The highest BCUT2D eigenvalue weighted by Gasteiger charge is 1.99. The van der Waals surface area contributed by atoms with Crippen LogP contribution in [0.4, 0.5) is 5.69 Å². The van der Waals surface area contributed by atoms with Crippen LogP contribution in [-0.2, 0) is 0 Å². The molecular formula is C12H13N. The summed E-state index contributed by atoms with van der Waals surface area (Å²) in [5, 5.41) is 0. The van der Waals surface area contributed by atoms with Gasteiger partial charge in [0.15, 0.2) is 0 Å². The molecular weight excluding hydrogens is 158 g/mol. The average molecular weight is 171 g/mol. The normalized spacial score (nSPS) is 10.9. The third kappa shape index (κ3) is 2.09. The maximum absolute atomic E-state index is 5.80. The zero-order valence-electron chi connectivity index (χ0n) is 7.53. The van der Waals surface area contributed by atoms with Crippen LogP contribution >= 0.6 is 0 Å². The lowest BCUT2D eigenvalue weighted by molar-refractivity contribution is 1.61. The lowest BCUT2D eigenvalue weighted by Gasteiger charge is -2.04. The van der Waals surface area contributed by atoms with Gasteiger partial charge in [0.2, 0.25) is 0 Å². The fourth-order valence-electron chi connectivity index (χ4n) is 1.15. The Morgan fingerprint density at radius 3 is 2.46 bits per heavy atom. The van der Waals surface area contributed by atoms with Gasteiger partial charge < -0.3 is 5.73 Å². The number of nitrogens with two attached hydrogens (primary N) is 1. The Hall–Kier alpha value is -1.76. The van der Waals surface area contributed by atoms with E-state index in [0.717, 1.165) is 16.8 Å². The van der Waals surface area contributed by atoms with Crippen LogP contribution in [0.1, 0.15) is 5.56 Å². The van der Waals surface area contributed by atoms with Gasteiger partial charge in [-0.2, -0.15) is 0 Å². The van der Waals surface area contributed by atoms with E-state index < -0.39 is 0 Å². The van der Waals surface area contributed by atoms with Crippen LogP contribution in [-0.4, -0.2) is 0 Å². The molecule has 2 N–H and O–H groups in total. The van der Waals surface area contributed by atoms with Crippen LogP contribution in [0.3, 0.4) is 0 Å². The molecule has 0 aliphatic heterocycles. The molecule has 0 amide bonds. The maximum Gasteiger partial charge on any atom is 0.0393 e. The molecule has 0 aliphatic carbocycles. The summed E-state index contributed by atoms with van der Waals surface area (Å²) in [6, 6.07) is 7.70. The zero-order valence-corrected chi connectivity index (χ0v) is 7.53. The molecule has 66 valence electrons. The van der Waals surface area contributed by atoms with Crippen LogP contribution in [0.2, 0.25) is 0 Å². The van der Waals surface area contributed by atoms with Crippen LogP contribution < -0.4 is 5.73 Å². The van der Waals surface area contributed by atoms with Gasteiger partial charge in [0, 0.05) is 11.3 Å². The van der Waals surface area contributed by atoms with Crippen molar-refractivity contribution in [1.29, 1.82) is 0 Å². The SMILES string of the molecule is C=C/C=C(\C=C)c1ccccc1N. The smallest absolute Gasteiger partial charge is 0.0393 e. The molecule has 0 saturated heterocycles. The van der Waals surface area contributed by atoms with E-state index in [0.29, 0.717) is 0 Å². The topological polar surface area (TPSA) is 26.0 Å². The second-order valence-electron chi connectivity index (χ2n) is 2.65. The molecule has 13 heavy (non-hydrogen) atoms. The minimum atomic E-state index is 0.760. The molecule has 1 rings (SSSR count). The highest BCUT2D eigenvalue weighted by atomic mass is 14.6. The number of rotatable bonds is 3. The Morgan fingerprint density at radius 1 is 1.23 bits per heavy atom. The first-order valence-electron chi connectivity index (χ1n) is 4.09. The van der Waals surface area contributed by atoms with Crippen molar-refractivity contribution in [3.63, 3.8) is 0 Å². The molecule has 1 aromatic rings. The van der Waals surface area contributed by atoms with Crippen LogP contribution in [0.25, 0.3) is 5.57 Å². The van der Waals surface area contributed by atoms with Gasteiger partial charge in [-0.3, -0.25) is 0 Å². The summed E-state index contributed by atoms with van der Waals surface area (Å²) in [6.07, 6.45) is 5.38. The van der Waals surface area contributed by atoms with Crippen molar-refractivity contribution in [3.05, 3.63) is 61.2 Å². The van der Waals surface area contributed by atoms with E-state index in [1.54, 1.807) is 12.2 Å². The van der Waals surface area contributed by atoms with Crippen molar-refractivity contribution in [2.75, 3.05) is 5.73 Å². The Kier molecular flexibility index (Phi) is 3.09. The van der Waals surface area contributed by atoms with E-state index in [1.165, 1.54) is 0 Å². The van der Waals surface area contributed by atoms with E-state index in [2.05, 4.69) is 13.2 Å². The summed E-state index contributed by atoms with van der Waals surface area (Å²) in [5.74, 6) is 0. The van der Waals surface area contributed by atoms with Crippen molar-refractivity contribution in [1.82, 2.24) is 0 Å². The predicted octanol–water partition coefficient (Wildman–Crippen LogP) is 3.02. The summed E-state index contributed by atoms with van der Waals surface area (Å²) in [4.78, 5) is 0. The summed E-state index contributed by atoms with van der Waals surface area (Å²) >= 11 is 0. The van der Waals surface area contributed by atoms with Crippen LogP contribution in [0, 0.1) is 0 Å². The van der Waals surface area contributed by atoms with E-state index >= 15 is 0 Å². The van der Waals surface area contributed by atoms with Gasteiger partial charge in [-0.25, -0.2) is 0 Å². The lowest BCUT2D eigenvalue weighted by Crippen LogP contribution is -1.91. The fourth-order valence-corrected chi connectivity index (χ4v) is 1.15. The number of hydrogen-bond acceptors (Lipinski definition) is 1. The summed E-state index contributed by atoms with van der Waals surface area (Å²) < 4.78 is 0. The number of anilines is 1. The molecule has 1 heteroatoms.